The van der Waals surface area contributed by atoms with E-state index in [2.05, 4.69) is 17.4 Å². The number of rotatable bonds is 7. The third-order valence-electron chi connectivity index (χ3n) is 3.45. The molecule has 0 heterocycles. The van der Waals surface area contributed by atoms with Crippen molar-refractivity contribution in [2.24, 2.45) is 5.92 Å². The maximum Gasteiger partial charge on any atom is 0.230 e. The van der Waals surface area contributed by atoms with E-state index in [0.717, 1.165) is 18.6 Å². The number of carbonyl (C=O) groups excluding carboxylic acids is 1. The van der Waals surface area contributed by atoms with Crippen LogP contribution in [0.1, 0.15) is 25.3 Å². The van der Waals surface area contributed by atoms with Crippen molar-refractivity contribution >= 4 is 17.7 Å². The van der Waals surface area contributed by atoms with E-state index in [4.69, 9.17) is 0 Å². The molecule has 1 saturated carbocycles. The molecule has 1 aliphatic rings. The van der Waals surface area contributed by atoms with Gasteiger partial charge in [-0.05, 0) is 31.2 Å². The summed E-state index contributed by atoms with van der Waals surface area (Å²) in [6.45, 7) is 2.17. The van der Waals surface area contributed by atoms with Gasteiger partial charge in [0, 0.05) is 12.3 Å². The average Bonchev–Trinajstić information content (AvgIpc) is 3.22. The number of hydrogen-bond acceptors (Lipinski definition) is 3. The van der Waals surface area contributed by atoms with Crippen LogP contribution in [0.15, 0.2) is 30.3 Å². The predicted octanol–water partition coefficient (Wildman–Crippen LogP) is 2.20. The summed E-state index contributed by atoms with van der Waals surface area (Å²) < 4.78 is 0. The lowest BCUT2D eigenvalue weighted by Crippen LogP contribution is -2.42. The molecule has 1 aliphatic carbocycles. The summed E-state index contributed by atoms with van der Waals surface area (Å²) in [6, 6.07) is 10.1. The smallest absolute Gasteiger partial charge is 0.230 e. The summed E-state index contributed by atoms with van der Waals surface area (Å²) in [6.07, 6.45) is 2.15. The van der Waals surface area contributed by atoms with Crippen LogP contribution >= 0.6 is 11.8 Å². The number of hydrogen-bond donors (Lipinski definition) is 2. The lowest BCUT2D eigenvalue weighted by Gasteiger charge is -2.23. The van der Waals surface area contributed by atoms with Gasteiger partial charge in [-0.1, -0.05) is 30.3 Å². The van der Waals surface area contributed by atoms with E-state index in [1.54, 1.807) is 11.8 Å². The fourth-order valence-electron chi connectivity index (χ4n) is 2.01. The van der Waals surface area contributed by atoms with Crippen molar-refractivity contribution in [2.75, 3.05) is 12.3 Å². The molecule has 3 nitrogen and oxygen atoms in total. The zero-order chi connectivity index (χ0) is 13.7. The van der Waals surface area contributed by atoms with E-state index in [1.165, 1.54) is 5.56 Å². The highest BCUT2D eigenvalue weighted by Gasteiger charge is 2.39. The van der Waals surface area contributed by atoms with Gasteiger partial charge < -0.3 is 10.4 Å². The summed E-state index contributed by atoms with van der Waals surface area (Å²) in [7, 11) is 0. The maximum atomic E-state index is 11.7. The molecule has 0 aromatic heterocycles. The van der Waals surface area contributed by atoms with Gasteiger partial charge in [-0.2, -0.15) is 0 Å². The molecule has 0 radical (unpaired) electrons. The Bertz CT molecular complexity index is 415. The molecule has 104 valence electrons. The quantitative estimate of drug-likeness (QED) is 0.804. The summed E-state index contributed by atoms with van der Waals surface area (Å²) in [4.78, 5) is 11.7. The van der Waals surface area contributed by atoms with E-state index in [9.17, 15) is 9.90 Å². The van der Waals surface area contributed by atoms with Crippen LogP contribution in [0.5, 0.6) is 0 Å². The first kappa shape index (κ1) is 14.4. The third kappa shape index (κ3) is 4.88. The fraction of sp³-hybridized carbons (Fsp3) is 0.533. The Balaban J connectivity index is 1.62. The van der Waals surface area contributed by atoms with Crippen LogP contribution in [-0.2, 0) is 10.5 Å². The molecule has 1 fully saturated rings. The van der Waals surface area contributed by atoms with Crippen LogP contribution in [0, 0.1) is 5.92 Å². The minimum atomic E-state index is -0.736. The number of nitrogens with one attached hydrogen (secondary N) is 1. The third-order valence-corrected chi connectivity index (χ3v) is 4.45. The van der Waals surface area contributed by atoms with Crippen molar-refractivity contribution in [1.29, 1.82) is 0 Å². The highest BCUT2D eigenvalue weighted by Crippen LogP contribution is 2.38. The van der Waals surface area contributed by atoms with Crippen molar-refractivity contribution in [1.82, 2.24) is 5.32 Å². The Morgan fingerprint density at radius 3 is 2.74 bits per heavy atom. The predicted molar refractivity (Wildman–Crippen MR) is 79.0 cm³/mol. The van der Waals surface area contributed by atoms with Gasteiger partial charge in [-0.3, -0.25) is 4.79 Å². The monoisotopic (exact) mass is 279 g/mol. The Morgan fingerprint density at radius 2 is 2.11 bits per heavy atom. The summed E-state index contributed by atoms with van der Waals surface area (Å²) in [5.41, 5.74) is 0.491. The van der Waals surface area contributed by atoms with Crippen molar-refractivity contribution < 1.29 is 9.90 Å². The molecular weight excluding hydrogens is 258 g/mol. The van der Waals surface area contributed by atoms with E-state index in [0.29, 0.717) is 18.2 Å². The molecule has 2 rings (SSSR count). The minimum Gasteiger partial charge on any atom is -0.388 e. The lowest BCUT2D eigenvalue weighted by molar-refractivity contribution is -0.119. The normalized spacial score (nSPS) is 17.8. The molecule has 1 unspecified atom stereocenters. The van der Waals surface area contributed by atoms with Gasteiger partial charge in [0.1, 0.15) is 0 Å². The number of amides is 1. The van der Waals surface area contributed by atoms with Crippen LogP contribution in [0.25, 0.3) is 0 Å². The topological polar surface area (TPSA) is 49.3 Å². The summed E-state index contributed by atoms with van der Waals surface area (Å²) in [5, 5.41) is 12.9. The van der Waals surface area contributed by atoms with Gasteiger partial charge in [0.2, 0.25) is 5.91 Å². The average molecular weight is 279 g/mol. The molecule has 1 atom stereocenters. The first-order chi connectivity index (χ1) is 9.08. The zero-order valence-corrected chi connectivity index (χ0v) is 12.1. The van der Waals surface area contributed by atoms with Crippen molar-refractivity contribution in [3.63, 3.8) is 0 Å². The second-order valence-corrected chi connectivity index (χ2v) is 6.37. The minimum absolute atomic E-state index is 0.00172. The van der Waals surface area contributed by atoms with Gasteiger partial charge in [-0.25, -0.2) is 0 Å². The van der Waals surface area contributed by atoms with E-state index >= 15 is 0 Å². The molecule has 1 amide bonds. The summed E-state index contributed by atoms with van der Waals surface area (Å²) in [5.74, 6) is 1.65. The van der Waals surface area contributed by atoms with Gasteiger partial charge in [-0.15, -0.1) is 11.8 Å². The highest BCUT2D eigenvalue weighted by atomic mass is 32.2. The van der Waals surface area contributed by atoms with Crippen molar-refractivity contribution in [3.8, 4) is 0 Å². The van der Waals surface area contributed by atoms with Gasteiger partial charge in [0.05, 0.1) is 11.4 Å². The van der Waals surface area contributed by atoms with E-state index in [-0.39, 0.29) is 5.91 Å². The molecule has 1 aromatic rings. The number of carbonyl (C=O) groups is 1. The van der Waals surface area contributed by atoms with Gasteiger partial charge in [0.25, 0.3) is 0 Å². The molecule has 0 saturated heterocycles. The SMILES string of the molecule is CC(O)(CNC(=O)CSCc1ccccc1)C1CC1. The zero-order valence-electron chi connectivity index (χ0n) is 11.3. The standard InChI is InChI=1S/C15H21NO2S/c1-15(18,13-7-8-13)11-16-14(17)10-19-9-12-5-3-2-4-6-12/h2-6,13,18H,7-11H2,1H3,(H,16,17). The number of aliphatic hydroxyl groups is 1. The first-order valence-corrected chi connectivity index (χ1v) is 7.84. The highest BCUT2D eigenvalue weighted by molar-refractivity contribution is 7.99. The maximum absolute atomic E-state index is 11.7. The number of benzene rings is 1. The van der Waals surface area contributed by atoms with Crippen LogP contribution < -0.4 is 5.32 Å². The molecule has 0 spiro atoms. The second kappa shape index (κ2) is 6.44. The Hall–Kier alpha value is -1.00. The molecule has 2 N–H and O–H groups in total. The van der Waals surface area contributed by atoms with Gasteiger partial charge in [0.15, 0.2) is 0 Å². The van der Waals surface area contributed by atoms with Gasteiger partial charge >= 0.3 is 0 Å². The van der Waals surface area contributed by atoms with Crippen molar-refractivity contribution in [2.45, 2.75) is 31.1 Å². The largest absolute Gasteiger partial charge is 0.388 e. The molecule has 1 aromatic carbocycles. The lowest BCUT2D eigenvalue weighted by atomic mass is 10.0. The molecule has 0 aliphatic heterocycles. The molecule has 0 bridgehead atoms. The second-order valence-electron chi connectivity index (χ2n) is 5.39. The van der Waals surface area contributed by atoms with Crippen LogP contribution in [0.2, 0.25) is 0 Å². The van der Waals surface area contributed by atoms with Crippen LogP contribution in [0.3, 0.4) is 0 Å². The molecular formula is C15H21NO2S. The first-order valence-electron chi connectivity index (χ1n) is 6.69. The van der Waals surface area contributed by atoms with E-state index < -0.39 is 5.60 Å². The Morgan fingerprint density at radius 1 is 1.42 bits per heavy atom. The molecule has 19 heavy (non-hydrogen) atoms. The number of thioether (sulfide) groups is 1. The Kier molecular flexibility index (Phi) is 4.88. The molecule has 4 heteroatoms. The van der Waals surface area contributed by atoms with Crippen molar-refractivity contribution in [3.05, 3.63) is 35.9 Å². The van der Waals surface area contributed by atoms with Crippen LogP contribution in [0.4, 0.5) is 0 Å². The Labute approximate surface area is 118 Å². The van der Waals surface area contributed by atoms with E-state index in [1.807, 2.05) is 25.1 Å². The summed E-state index contributed by atoms with van der Waals surface area (Å²) >= 11 is 1.60. The fourth-order valence-corrected chi connectivity index (χ4v) is 2.83. The van der Waals surface area contributed by atoms with Crippen LogP contribution in [-0.4, -0.2) is 28.9 Å².